The topological polar surface area (TPSA) is 83.1 Å². The molecule has 0 unspecified atom stereocenters. The smallest absolute Gasteiger partial charge is 0.266 e. The van der Waals surface area contributed by atoms with Gasteiger partial charge in [0.1, 0.15) is 10.7 Å². The number of aromatic nitrogens is 1. The maximum absolute atomic E-state index is 14.4. The van der Waals surface area contributed by atoms with Crippen LogP contribution in [0.25, 0.3) is 0 Å². The summed E-state index contributed by atoms with van der Waals surface area (Å²) in [5, 5.41) is 8.04. The molecule has 0 bridgehead atoms. The molecular weight excluding hydrogens is 351 g/mol. The lowest BCUT2D eigenvalue weighted by molar-refractivity contribution is 0.569. The zero-order valence-corrected chi connectivity index (χ0v) is 14.8. The van der Waals surface area contributed by atoms with Crippen molar-refractivity contribution in [2.24, 2.45) is 5.92 Å². The first kappa shape index (κ1) is 17.1. The molecule has 0 aliphatic carbocycles. The molecule has 3 rings (SSSR count). The van der Waals surface area contributed by atoms with E-state index >= 15 is 0 Å². The van der Waals surface area contributed by atoms with Crippen molar-refractivity contribution in [2.45, 2.75) is 18.2 Å². The van der Waals surface area contributed by atoms with Crippen molar-refractivity contribution in [1.82, 2.24) is 10.3 Å². The lowest BCUT2D eigenvalue weighted by Crippen LogP contribution is -2.18. The number of benzene rings is 1. The first-order valence-corrected chi connectivity index (χ1v) is 10.0. The predicted molar refractivity (Wildman–Crippen MR) is 93.5 cm³/mol. The third-order valence-corrected chi connectivity index (χ3v) is 5.94. The molecule has 1 aliphatic rings. The molecule has 0 spiro atoms. The fourth-order valence-corrected chi connectivity index (χ4v) is 4.35. The molecule has 0 amide bonds. The minimum atomic E-state index is -4.00. The van der Waals surface area contributed by atoms with Gasteiger partial charge in [0.25, 0.3) is 10.0 Å². The molecule has 1 fully saturated rings. The number of rotatable bonds is 6. The summed E-state index contributed by atoms with van der Waals surface area (Å²) in [6.07, 6.45) is 1.08. The average Bonchev–Trinajstić information content (AvgIpc) is 3.20. The number of halogens is 1. The van der Waals surface area contributed by atoms with Crippen LogP contribution in [0.5, 0.6) is 0 Å². The second-order valence-electron chi connectivity index (χ2n) is 5.82. The van der Waals surface area contributed by atoms with Gasteiger partial charge in [0.05, 0.1) is 5.51 Å². The summed E-state index contributed by atoms with van der Waals surface area (Å²) in [7, 11) is -4.00. The third-order valence-electron chi connectivity index (χ3n) is 3.98. The molecule has 3 N–H and O–H groups in total. The Morgan fingerprint density at radius 2 is 2.29 bits per heavy atom. The summed E-state index contributed by atoms with van der Waals surface area (Å²) in [5.74, 6) is -0.0921. The number of anilines is 2. The van der Waals surface area contributed by atoms with Gasteiger partial charge in [-0.15, -0.1) is 11.3 Å². The Bertz CT molecular complexity index is 803. The van der Waals surface area contributed by atoms with Crippen LogP contribution in [0.3, 0.4) is 0 Å². The molecule has 1 atom stereocenters. The Morgan fingerprint density at radius 1 is 1.46 bits per heavy atom. The van der Waals surface area contributed by atoms with Gasteiger partial charge in [0, 0.05) is 17.6 Å². The molecule has 6 nitrogen and oxygen atoms in total. The van der Waals surface area contributed by atoms with E-state index in [1.54, 1.807) is 12.3 Å². The highest BCUT2D eigenvalue weighted by molar-refractivity contribution is 7.92. The van der Waals surface area contributed by atoms with E-state index in [0.717, 1.165) is 26.1 Å². The lowest BCUT2D eigenvalue weighted by atomic mass is 10.1. The van der Waals surface area contributed by atoms with Crippen LogP contribution in [0, 0.1) is 18.7 Å². The number of hydrogen-bond acceptors (Lipinski definition) is 6. The molecule has 1 aliphatic heterocycles. The molecular formula is C15H19FN4O2S2. The van der Waals surface area contributed by atoms with Crippen molar-refractivity contribution in [3.8, 4) is 0 Å². The minimum absolute atomic E-state index is 0.188. The summed E-state index contributed by atoms with van der Waals surface area (Å²) in [6, 6.07) is 2.59. The summed E-state index contributed by atoms with van der Waals surface area (Å²) in [5.41, 5.74) is 2.80. The normalized spacial score (nSPS) is 17.8. The van der Waals surface area contributed by atoms with Crippen LogP contribution < -0.4 is 15.4 Å². The van der Waals surface area contributed by atoms with Crippen LogP contribution in [0.1, 0.15) is 12.0 Å². The van der Waals surface area contributed by atoms with E-state index in [4.69, 9.17) is 0 Å². The Hall–Kier alpha value is -1.71. The molecule has 2 heterocycles. The van der Waals surface area contributed by atoms with E-state index in [1.807, 2.05) is 0 Å². The molecule has 9 heteroatoms. The zero-order chi connectivity index (χ0) is 17.2. The van der Waals surface area contributed by atoms with Gasteiger partial charge in [0.2, 0.25) is 0 Å². The molecule has 1 aromatic carbocycles. The number of sulfonamides is 1. The van der Waals surface area contributed by atoms with Gasteiger partial charge in [-0.3, -0.25) is 4.72 Å². The van der Waals surface area contributed by atoms with Gasteiger partial charge in [-0.1, -0.05) is 0 Å². The molecule has 1 aromatic heterocycles. The van der Waals surface area contributed by atoms with Gasteiger partial charge in [-0.2, -0.15) is 0 Å². The fourth-order valence-electron chi connectivity index (χ4n) is 2.65. The molecule has 0 saturated carbocycles. The largest absolute Gasteiger partial charge is 0.384 e. The molecule has 24 heavy (non-hydrogen) atoms. The number of thiazole rings is 1. The first-order valence-electron chi connectivity index (χ1n) is 7.61. The minimum Gasteiger partial charge on any atom is -0.384 e. The maximum Gasteiger partial charge on any atom is 0.266 e. The van der Waals surface area contributed by atoms with Gasteiger partial charge in [-0.05, 0) is 50.0 Å². The monoisotopic (exact) mass is 370 g/mol. The van der Waals surface area contributed by atoms with E-state index < -0.39 is 15.8 Å². The summed E-state index contributed by atoms with van der Waals surface area (Å²) in [6.45, 7) is 4.44. The van der Waals surface area contributed by atoms with Crippen molar-refractivity contribution in [1.29, 1.82) is 0 Å². The maximum atomic E-state index is 14.4. The lowest BCUT2D eigenvalue weighted by Gasteiger charge is -2.15. The number of aryl methyl sites for hydroxylation is 1. The highest BCUT2D eigenvalue weighted by atomic mass is 32.2. The van der Waals surface area contributed by atoms with E-state index in [1.165, 1.54) is 29.0 Å². The molecule has 0 radical (unpaired) electrons. The highest BCUT2D eigenvalue weighted by Gasteiger charge is 2.22. The zero-order valence-electron chi connectivity index (χ0n) is 13.2. The van der Waals surface area contributed by atoms with Gasteiger partial charge < -0.3 is 10.6 Å². The molecule has 2 aromatic rings. The van der Waals surface area contributed by atoms with Crippen molar-refractivity contribution in [2.75, 3.05) is 29.7 Å². The van der Waals surface area contributed by atoms with Crippen molar-refractivity contribution in [3.05, 3.63) is 34.4 Å². The van der Waals surface area contributed by atoms with Crippen LogP contribution in [0.15, 0.2) is 27.9 Å². The Balaban J connectivity index is 1.78. The summed E-state index contributed by atoms with van der Waals surface area (Å²) in [4.78, 5) is 3.48. The van der Waals surface area contributed by atoms with E-state index in [9.17, 15) is 12.8 Å². The second-order valence-corrected chi connectivity index (χ2v) is 8.19. The van der Waals surface area contributed by atoms with Crippen molar-refractivity contribution >= 4 is 32.9 Å². The van der Waals surface area contributed by atoms with Crippen LogP contribution in [0.4, 0.5) is 15.9 Å². The Labute approximate surface area is 144 Å². The second kappa shape index (κ2) is 7.04. The number of nitrogens with zero attached hydrogens (tertiary/aromatic N) is 1. The molecule has 1 saturated heterocycles. The average molecular weight is 370 g/mol. The van der Waals surface area contributed by atoms with Crippen molar-refractivity contribution < 1.29 is 12.8 Å². The fraction of sp³-hybridized carbons (Fsp3) is 0.400. The van der Waals surface area contributed by atoms with Gasteiger partial charge >= 0.3 is 0 Å². The van der Waals surface area contributed by atoms with Crippen molar-refractivity contribution in [3.63, 3.8) is 0 Å². The van der Waals surface area contributed by atoms with Crippen LogP contribution in [-0.2, 0) is 10.0 Å². The van der Waals surface area contributed by atoms with E-state index in [-0.39, 0.29) is 10.7 Å². The van der Waals surface area contributed by atoms with Gasteiger partial charge in [0.15, 0.2) is 5.82 Å². The molecule has 130 valence electrons. The summed E-state index contributed by atoms with van der Waals surface area (Å²) < 4.78 is 41.3. The predicted octanol–water partition coefficient (Wildman–Crippen LogP) is 2.41. The highest BCUT2D eigenvalue weighted by Crippen LogP contribution is 2.25. The number of nitrogens with one attached hydrogen (secondary N) is 3. The Kier molecular flexibility index (Phi) is 5.02. The Morgan fingerprint density at radius 3 is 2.96 bits per heavy atom. The SMILES string of the molecule is Cc1cc(S(=O)(=O)Nc2cscn2)c(F)cc1NC[C@@H]1CCNC1. The van der Waals surface area contributed by atoms with Crippen LogP contribution >= 0.6 is 11.3 Å². The number of hydrogen-bond donors (Lipinski definition) is 3. The van der Waals surface area contributed by atoms with E-state index in [0.29, 0.717) is 17.2 Å². The van der Waals surface area contributed by atoms with Crippen LogP contribution in [-0.4, -0.2) is 33.0 Å². The summed E-state index contributed by atoms with van der Waals surface area (Å²) >= 11 is 1.26. The quantitative estimate of drug-likeness (QED) is 0.727. The standard InChI is InChI=1S/C15H19FN4O2S2/c1-10-4-14(24(21,22)20-15-8-23-9-19-15)12(16)5-13(10)18-7-11-2-3-17-6-11/h4-5,8-9,11,17-18,20H,2-3,6-7H2,1H3/t11-/m1/s1. The third kappa shape index (κ3) is 3.85. The van der Waals surface area contributed by atoms with E-state index in [2.05, 4.69) is 20.3 Å². The van der Waals surface area contributed by atoms with Gasteiger partial charge in [-0.25, -0.2) is 17.8 Å². The first-order chi connectivity index (χ1) is 11.5. The van der Waals surface area contributed by atoms with Crippen LogP contribution in [0.2, 0.25) is 0 Å².